The highest BCUT2D eigenvalue weighted by atomic mass is 32.2. The molecule has 5 nitrogen and oxygen atoms in total. The highest BCUT2D eigenvalue weighted by Crippen LogP contribution is 2.35. The number of aryl methyl sites for hydroxylation is 1. The number of thioether (sulfide) groups is 1. The van der Waals surface area contributed by atoms with Gasteiger partial charge < -0.3 is 9.84 Å². The van der Waals surface area contributed by atoms with E-state index in [4.69, 9.17) is 4.52 Å². The lowest BCUT2D eigenvalue weighted by Gasteiger charge is -2.12. The fraction of sp³-hybridized carbons (Fsp3) is 0.167. The molecule has 1 heterocycles. The van der Waals surface area contributed by atoms with Gasteiger partial charge in [0.1, 0.15) is 0 Å². The summed E-state index contributed by atoms with van der Waals surface area (Å²) in [5.74, 6) is 1.14. The third-order valence-electron chi connectivity index (χ3n) is 3.82. The van der Waals surface area contributed by atoms with E-state index < -0.39 is 0 Å². The first-order valence-electron chi connectivity index (χ1n) is 7.43. The first kappa shape index (κ1) is 16.3. The number of hydrogen-bond acceptors (Lipinski definition) is 5. The number of hydrogen-bond donors (Lipinski definition) is 1. The van der Waals surface area contributed by atoms with E-state index >= 15 is 0 Å². The summed E-state index contributed by atoms with van der Waals surface area (Å²) in [7, 11) is 0. The van der Waals surface area contributed by atoms with Crippen molar-refractivity contribution < 1.29 is 9.32 Å². The summed E-state index contributed by atoms with van der Waals surface area (Å²) in [4.78, 5) is 16.0. The van der Waals surface area contributed by atoms with Gasteiger partial charge in [-0.2, -0.15) is 4.98 Å². The molecular formula is C18H17N3O2S. The van der Waals surface area contributed by atoms with E-state index in [-0.39, 0.29) is 0 Å². The smallest absolute Gasteiger partial charge is 0.258 e. The Bertz CT molecular complexity index is 890. The van der Waals surface area contributed by atoms with Crippen molar-refractivity contribution in [2.75, 3.05) is 11.6 Å². The van der Waals surface area contributed by atoms with Gasteiger partial charge in [0.15, 0.2) is 5.82 Å². The van der Waals surface area contributed by atoms with Crippen LogP contribution in [-0.4, -0.2) is 22.8 Å². The Morgan fingerprint density at radius 2 is 1.96 bits per heavy atom. The fourth-order valence-corrected chi connectivity index (χ4v) is 3.22. The zero-order valence-electron chi connectivity index (χ0n) is 13.7. The van der Waals surface area contributed by atoms with Crippen molar-refractivity contribution in [3.63, 3.8) is 0 Å². The van der Waals surface area contributed by atoms with E-state index in [0.29, 0.717) is 18.1 Å². The number of carbonyl (C=O) groups excluding carboxylic acids is 1. The molecule has 0 fully saturated rings. The van der Waals surface area contributed by atoms with E-state index in [1.165, 1.54) is 0 Å². The Kier molecular flexibility index (Phi) is 4.66. The lowest BCUT2D eigenvalue weighted by Crippen LogP contribution is -1.96. The molecule has 0 radical (unpaired) electrons. The van der Waals surface area contributed by atoms with Crippen LogP contribution in [0.4, 0.5) is 5.69 Å². The number of nitrogens with one attached hydrogen (secondary N) is 1. The van der Waals surface area contributed by atoms with Gasteiger partial charge in [-0.3, -0.25) is 4.79 Å². The van der Waals surface area contributed by atoms with Crippen molar-refractivity contribution >= 4 is 23.9 Å². The number of aromatic nitrogens is 2. The predicted octanol–water partition coefficient (Wildman–Crippen LogP) is 4.31. The molecule has 0 atom stereocenters. The average Bonchev–Trinajstić information content (AvgIpc) is 3.02. The third-order valence-corrected chi connectivity index (χ3v) is 4.60. The summed E-state index contributed by atoms with van der Waals surface area (Å²) in [6.45, 7) is 3.84. The fourth-order valence-electron chi connectivity index (χ4n) is 2.63. The SMILES string of the molecule is CSc1cc(-c2cccc(-c3nc(C)no3)c2C)ccc1NC=O. The Labute approximate surface area is 144 Å². The summed E-state index contributed by atoms with van der Waals surface area (Å²) in [6.07, 6.45) is 2.68. The largest absolute Gasteiger partial charge is 0.334 e. The second-order valence-corrected chi connectivity index (χ2v) is 6.15. The zero-order valence-corrected chi connectivity index (χ0v) is 14.5. The minimum absolute atomic E-state index is 0.524. The molecule has 1 aromatic heterocycles. The van der Waals surface area contributed by atoms with Crippen molar-refractivity contribution in [3.8, 4) is 22.6 Å². The molecular weight excluding hydrogens is 322 g/mol. The van der Waals surface area contributed by atoms with Crippen LogP contribution in [0, 0.1) is 13.8 Å². The minimum atomic E-state index is 0.524. The lowest BCUT2D eigenvalue weighted by atomic mass is 9.96. The molecule has 1 N–H and O–H groups in total. The number of benzene rings is 2. The molecule has 3 rings (SSSR count). The Morgan fingerprint density at radius 3 is 2.62 bits per heavy atom. The summed E-state index contributed by atoms with van der Waals surface area (Å²) >= 11 is 1.59. The average molecular weight is 339 g/mol. The highest BCUT2D eigenvalue weighted by Gasteiger charge is 2.14. The normalized spacial score (nSPS) is 10.6. The molecule has 0 aliphatic rings. The molecule has 0 aliphatic heterocycles. The van der Waals surface area contributed by atoms with Crippen LogP contribution < -0.4 is 5.32 Å². The van der Waals surface area contributed by atoms with Gasteiger partial charge in [-0.25, -0.2) is 0 Å². The van der Waals surface area contributed by atoms with Gasteiger partial charge in [0.25, 0.3) is 5.89 Å². The Balaban J connectivity index is 2.08. The lowest BCUT2D eigenvalue weighted by molar-refractivity contribution is -0.105. The second kappa shape index (κ2) is 6.88. The highest BCUT2D eigenvalue weighted by molar-refractivity contribution is 7.98. The van der Waals surface area contributed by atoms with Crippen molar-refractivity contribution in [1.82, 2.24) is 10.1 Å². The molecule has 0 saturated heterocycles. The van der Waals surface area contributed by atoms with Gasteiger partial charge in [-0.15, -0.1) is 11.8 Å². The van der Waals surface area contributed by atoms with Gasteiger partial charge >= 0.3 is 0 Å². The molecule has 0 aliphatic carbocycles. The summed E-state index contributed by atoms with van der Waals surface area (Å²) < 4.78 is 5.30. The molecule has 122 valence electrons. The van der Waals surface area contributed by atoms with Gasteiger partial charge in [-0.05, 0) is 55.0 Å². The van der Waals surface area contributed by atoms with Crippen LogP contribution in [-0.2, 0) is 4.79 Å². The van der Waals surface area contributed by atoms with Gasteiger partial charge in [-0.1, -0.05) is 23.4 Å². The number of rotatable bonds is 5. The molecule has 2 aromatic carbocycles. The van der Waals surface area contributed by atoms with Crippen molar-refractivity contribution in [1.29, 1.82) is 0 Å². The van der Waals surface area contributed by atoms with Crippen LogP contribution in [0.5, 0.6) is 0 Å². The molecule has 0 bridgehead atoms. The quantitative estimate of drug-likeness (QED) is 0.554. The predicted molar refractivity (Wildman–Crippen MR) is 96.1 cm³/mol. The molecule has 3 aromatic rings. The van der Waals surface area contributed by atoms with E-state index in [1.807, 2.05) is 37.4 Å². The Morgan fingerprint density at radius 1 is 1.17 bits per heavy atom. The second-order valence-electron chi connectivity index (χ2n) is 5.30. The molecule has 0 spiro atoms. The van der Waals surface area contributed by atoms with Crippen molar-refractivity contribution in [3.05, 3.63) is 47.8 Å². The van der Waals surface area contributed by atoms with E-state index in [1.54, 1.807) is 18.7 Å². The van der Waals surface area contributed by atoms with E-state index in [0.717, 1.165) is 32.8 Å². The first-order chi connectivity index (χ1) is 11.6. The third kappa shape index (κ3) is 3.05. The minimum Gasteiger partial charge on any atom is -0.334 e. The van der Waals surface area contributed by atoms with Gasteiger partial charge in [0.05, 0.1) is 5.69 Å². The number of amides is 1. The van der Waals surface area contributed by atoms with E-state index in [2.05, 4.69) is 27.6 Å². The van der Waals surface area contributed by atoms with Crippen LogP contribution in [0.2, 0.25) is 0 Å². The van der Waals surface area contributed by atoms with Crippen molar-refractivity contribution in [2.24, 2.45) is 0 Å². The molecule has 6 heteroatoms. The standard InChI is InChI=1S/C18H17N3O2S/c1-11-14(5-4-6-15(11)18-20-12(2)21-23-18)13-7-8-16(19-10-22)17(9-13)24-3/h4-10H,1-3H3,(H,19,22). The monoisotopic (exact) mass is 339 g/mol. The summed E-state index contributed by atoms with van der Waals surface area (Å²) in [5, 5.41) is 6.59. The maximum Gasteiger partial charge on any atom is 0.258 e. The first-order valence-corrected chi connectivity index (χ1v) is 8.65. The van der Waals surface area contributed by atoms with Crippen LogP contribution >= 0.6 is 11.8 Å². The topological polar surface area (TPSA) is 68.0 Å². The maximum absolute atomic E-state index is 10.7. The van der Waals surface area contributed by atoms with Gasteiger partial charge in [0, 0.05) is 10.5 Å². The van der Waals surface area contributed by atoms with Gasteiger partial charge in [0.2, 0.25) is 6.41 Å². The van der Waals surface area contributed by atoms with Crippen molar-refractivity contribution in [2.45, 2.75) is 18.7 Å². The van der Waals surface area contributed by atoms with Crippen LogP contribution in [0.3, 0.4) is 0 Å². The molecule has 24 heavy (non-hydrogen) atoms. The van der Waals surface area contributed by atoms with Crippen LogP contribution in [0.25, 0.3) is 22.6 Å². The van der Waals surface area contributed by atoms with E-state index in [9.17, 15) is 4.79 Å². The zero-order chi connectivity index (χ0) is 17.1. The molecule has 1 amide bonds. The summed E-state index contributed by atoms with van der Waals surface area (Å²) in [5.41, 5.74) is 4.98. The maximum atomic E-state index is 10.7. The van der Waals surface area contributed by atoms with Crippen LogP contribution in [0.15, 0.2) is 45.8 Å². The molecule has 0 unspecified atom stereocenters. The number of nitrogens with zero attached hydrogens (tertiary/aromatic N) is 2. The number of carbonyl (C=O) groups is 1. The summed E-state index contributed by atoms with van der Waals surface area (Å²) in [6, 6.07) is 12.0. The number of anilines is 1. The van der Waals surface area contributed by atoms with Crippen LogP contribution in [0.1, 0.15) is 11.4 Å². The molecule has 0 saturated carbocycles. The Hall–Kier alpha value is -2.60.